The maximum Gasteiger partial charge on any atom is 0.0638 e. The largest absolute Gasteiger partial charge is 0.397 e. The van der Waals surface area contributed by atoms with E-state index in [0.717, 1.165) is 23.4 Å². The van der Waals surface area contributed by atoms with Crippen molar-refractivity contribution < 1.29 is 0 Å². The Morgan fingerprint density at radius 2 is 2.06 bits per heavy atom. The van der Waals surface area contributed by atoms with E-state index >= 15 is 0 Å². The Hall–Kier alpha value is -1.31. The molecule has 0 saturated carbocycles. The number of nitrogen functional groups attached to an aromatic ring is 1. The molecule has 0 aliphatic heterocycles. The van der Waals surface area contributed by atoms with Crippen LogP contribution >= 0.6 is 0 Å². The van der Waals surface area contributed by atoms with Crippen LogP contribution in [0.25, 0.3) is 0 Å². The van der Waals surface area contributed by atoms with Crippen LogP contribution in [-0.2, 0) is 6.42 Å². The second-order valence-electron chi connectivity index (χ2n) is 5.70. The van der Waals surface area contributed by atoms with Gasteiger partial charge in [-0.05, 0) is 49.1 Å². The lowest BCUT2D eigenvalue weighted by Gasteiger charge is -2.23. The van der Waals surface area contributed by atoms with Crippen LogP contribution in [0.2, 0.25) is 0 Å². The monoisotopic (exact) mass is 246 g/mol. The number of pyridine rings is 1. The second kappa shape index (κ2) is 6.58. The average molecular weight is 246 g/mol. The van der Waals surface area contributed by atoms with E-state index in [1.165, 1.54) is 6.42 Å². The molecular formula is C16H26N2. The first-order valence-electron chi connectivity index (χ1n) is 6.78. The van der Waals surface area contributed by atoms with Gasteiger partial charge in [-0.25, -0.2) is 0 Å². The van der Waals surface area contributed by atoms with E-state index in [9.17, 15) is 0 Å². The number of allylic oxidation sites excluding steroid dienone is 1. The van der Waals surface area contributed by atoms with Crippen molar-refractivity contribution in [2.24, 2.45) is 17.8 Å². The lowest BCUT2D eigenvalue weighted by molar-refractivity contribution is 0.355. The first kappa shape index (κ1) is 14.7. The van der Waals surface area contributed by atoms with Crippen LogP contribution in [0.15, 0.2) is 24.9 Å². The van der Waals surface area contributed by atoms with Crippen molar-refractivity contribution in [2.75, 3.05) is 5.73 Å². The minimum absolute atomic E-state index is 0.529. The summed E-state index contributed by atoms with van der Waals surface area (Å²) >= 11 is 0. The summed E-state index contributed by atoms with van der Waals surface area (Å²) < 4.78 is 0. The molecule has 2 nitrogen and oxygen atoms in total. The molecule has 0 radical (unpaired) electrons. The molecule has 1 aromatic heterocycles. The SMILES string of the molecule is C=CC(CC(C)C)C(C)Cc1nccc(C)c1N. The molecule has 0 saturated heterocycles. The number of hydrogen-bond acceptors (Lipinski definition) is 2. The zero-order valence-electron chi connectivity index (χ0n) is 12.1. The van der Waals surface area contributed by atoms with Crippen molar-refractivity contribution in [1.29, 1.82) is 0 Å². The Bertz CT molecular complexity index is 396. The fraction of sp³-hybridized carbons (Fsp3) is 0.562. The van der Waals surface area contributed by atoms with E-state index in [1.807, 2.05) is 19.2 Å². The van der Waals surface area contributed by atoms with Crippen molar-refractivity contribution in [2.45, 2.75) is 40.5 Å². The third-order valence-corrected chi connectivity index (χ3v) is 3.58. The molecule has 2 atom stereocenters. The highest BCUT2D eigenvalue weighted by Gasteiger charge is 2.17. The minimum atomic E-state index is 0.529. The number of aryl methyl sites for hydroxylation is 1. The molecule has 1 aromatic rings. The molecule has 0 bridgehead atoms. The van der Waals surface area contributed by atoms with Crippen molar-refractivity contribution in [1.82, 2.24) is 4.98 Å². The van der Waals surface area contributed by atoms with Gasteiger partial charge in [0.25, 0.3) is 0 Å². The number of nitrogens with two attached hydrogens (primary N) is 1. The third kappa shape index (κ3) is 3.86. The van der Waals surface area contributed by atoms with E-state index in [-0.39, 0.29) is 0 Å². The lowest BCUT2D eigenvalue weighted by atomic mass is 9.83. The van der Waals surface area contributed by atoms with Gasteiger partial charge in [0.2, 0.25) is 0 Å². The molecule has 0 spiro atoms. The van der Waals surface area contributed by atoms with Gasteiger partial charge in [0.15, 0.2) is 0 Å². The Balaban J connectivity index is 2.76. The molecule has 1 rings (SSSR count). The molecule has 0 amide bonds. The van der Waals surface area contributed by atoms with Crippen LogP contribution < -0.4 is 5.73 Å². The number of nitrogens with zero attached hydrogens (tertiary/aromatic N) is 1. The van der Waals surface area contributed by atoms with E-state index in [1.54, 1.807) is 0 Å². The fourth-order valence-corrected chi connectivity index (χ4v) is 2.35. The normalized spacial score (nSPS) is 14.5. The van der Waals surface area contributed by atoms with Crippen LogP contribution in [0.4, 0.5) is 5.69 Å². The number of rotatable bonds is 6. The molecule has 0 fully saturated rings. The van der Waals surface area contributed by atoms with Crippen molar-refractivity contribution in [3.05, 3.63) is 36.2 Å². The highest BCUT2D eigenvalue weighted by molar-refractivity contribution is 5.49. The predicted octanol–water partition coefficient (Wildman–Crippen LogP) is 4.00. The standard InChI is InChI=1S/C16H26N2/c1-6-14(9-11(2)3)13(5)10-15-16(17)12(4)7-8-18-15/h6-8,11,13-14H,1,9-10,17H2,2-5H3. The third-order valence-electron chi connectivity index (χ3n) is 3.58. The predicted molar refractivity (Wildman–Crippen MR) is 79.4 cm³/mol. The van der Waals surface area contributed by atoms with E-state index < -0.39 is 0 Å². The van der Waals surface area contributed by atoms with E-state index in [2.05, 4.69) is 38.4 Å². The van der Waals surface area contributed by atoms with Crippen LogP contribution in [0.1, 0.15) is 38.4 Å². The first-order chi connectivity index (χ1) is 8.45. The van der Waals surface area contributed by atoms with Gasteiger partial charge in [-0.2, -0.15) is 0 Å². The summed E-state index contributed by atoms with van der Waals surface area (Å²) in [6, 6.07) is 1.96. The zero-order chi connectivity index (χ0) is 13.7. The van der Waals surface area contributed by atoms with Crippen LogP contribution in [-0.4, -0.2) is 4.98 Å². The summed E-state index contributed by atoms with van der Waals surface area (Å²) in [5, 5.41) is 0. The van der Waals surface area contributed by atoms with Crippen molar-refractivity contribution in [3.63, 3.8) is 0 Å². The van der Waals surface area contributed by atoms with Gasteiger partial charge in [-0.3, -0.25) is 4.98 Å². The maximum atomic E-state index is 6.09. The number of anilines is 1. The second-order valence-corrected chi connectivity index (χ2v) is 5.70. The maximum absolute atomic E-state index is 6.09. The summed E-state index contributed by atoms with van der Waals surface area (Å²) in [6.45, 7) is 12.8. The van der Waals surface area contributed by atoms with Gasteiger partial charge in [-0.15, -0.1) is 6.58 Å². The summed E-state index contributed by atoms with van der Waals surface area (Å²) in [4.78, 5) is 4.42. The highest BCUT2D eigenvalue weighted by atomic mass is 14.7. The molecule has 18 heavy (non-hydrogen) atoms. The topological polar surface area (TPSA) is 38.9 Å². The van der Waals surface area contributed by atoms with Gasteiger partial charge >= 0.3 is 0 Å². The molecular weight excluding hydrogens is 220 g/mol. The van der Waals surface area contributed by atoms with Gasteiger partial charge in [0.05, 0.1) is 11.4 Å². The molecule has 2 N–H and O–H groups in total. The highest BCUT2D eigenvalue weighted by Crippen LogP contribution is 2.26. The smallest absolute Gasteiger partial charge is 0.0638 e. The average Bonchev–Trinajstić information content (AvgIpc) is 2.31. The molecule has 0 aromatic carbocycles. The Labute approximate surface area is 111 Å². The minimum Gasteiger partial charge on any atom is -0.397 e. The zero-order valence-corrected chi connectivity index (χ0v) is 12.1. The van der Waals surface area contributed by atoms with Gasteiger partial charge in [-0.1, -0.05) is 26.8 Å². The summed E-state index contributed by atoms with van der Waals surface area (Å²) in [5.74, 6) is 1.76. The quantitative estimate of drug-likeness (QED) is 0.771. The van der Waals surface area contributed by atoms with Gasteiger partial charge in [0.1, 0.15) is 0 Å². The molecule has 0 aliphatic carbocycles. The van der Waals surface area contributed by atoms with Crippen molar-refractivity contribution in [3.8, 4) is 0 Å². The molecule has 100 valence electrons. The lowest BCUT2D eigenvalue weighted by Crippen LogP contribution is -2.16. The van der Waals surface area contributed by atoms with E-state index in [4.69, 9.17) is 5.73 Å². The molecule has 2 unspecified atom stereocenters. The molecule has 2 heteroatoms. The Morgan fingerprint density at radius 1 is 1.39 bits per heavy atom. The molecule has 1 heterocycles. The summed E-state index contributed by atoms with van der Waals surface area (Å²) in [7, 11) is 0. The number of hydrogen-bond donors (Lipinski definition) is 1. The van der Waals surface area contributed by atoms with E-state index in [0.29, 0.717) is 17.8 Å². The Morgan fingerprint density at radius 3 is 2.61 bits per heavy atom. The molecule has 0 aliphatic rings. The van der Waals surface area contributed by atoms with Gasteiger partial charge in [0, 0.05) is 6.20 Å². The number of aromatic nitrogens is 1. The van der Waals surface area contributed by atoms with Gasteiger partial charge < -0.3 is 5.73 Å². The van der Waals surface area contributed by atoms with Crippen molar-refractivity contribution >= 4 is 5.69 Å². The van der Waals surface area contributed by atoms with Crippen LogP contribution in [0.5, 0.6) is 0 Å². The van der Waals surface area contributed by atoms with Crippen LogP contribution in [0, 0.1) is 24.7 Å². The summed E-state index contributed by atoms with van der Waals surface area (Å²) in [6.07, 6.45) is 6.03. The fourth-order valence-electron chi connectivity index (χ4n) is 2.35. The first-order valence-corrected chi connectivity index (χ1v) is 6.78. The Kier molecular flexibility index (Phi) is 5.39. The summed E-state index contributed by atoms with van der Waals surface area (Å²) in [5.41, 5.74) is 9.07. The van der Waals surface area contributed by atoms with Crippen LogP contribution in [0.3, 0.4) is 0 Å².